The highest BCUT2D eigenvalue weighted by Gasteiger charge is 2.36. The molecule has 0 bridgehead atoms. The summed E-state index contributed by atoms with van der Waals surface area (Å²) in [6, 6.07) is 13.0. The molecule has 2 heterocycles. The van der Waals surface area contributed by atoms with Crippen molar-refractivity contribution in [3.05, 3.63) is 52.5 Å². The van der Waals surface area contributed by atoms with Gasteiger partial charge in [0.2, 0.25) is 11.8 Å². The Morgan fingerprint density at radius 3 is 2.79 bits per heavy atom. The first kappa shape index (κ1) is 18.8. The summed E-state index contributed by atoms with van der Waals surface area (Å²) in [6.45, 7) is 0.937. The van der Waals surface area contributed by atoms with Crippen molar-refractivity contribution in [2.75, 3.05) is 25.2 Å². The maximum Gasteiger partial charge on any atom is 0.227 e. The van der Waals surface area contributed by atoms with Crippen LogP contribution in [0.3, 0.4) is 0 Å². The molecule has 0 aliphatic carbocycles. The molecule has 0 radical (unpaired) electrons. The van der Waals surface area contributed by atoms with Crippen LogP contribution < -0.4 is 19.7 Å². The molecular formula is C21H21BrN2O4. The topological polar surface area (TPSA) is 67.9 Å². The first-order chi connectivity index (χ1) is 13.5. The zero-order valence-electron chi connectivity index (χ0n) is 15.5. The van der Waals surface area contributed by atoms with Gasteiger partial charge in [-0.05, 0) is 42.5 Å². The molecule has 7 heteroatoms. The Balaban J connectivity index is 1.45. The SMILES string of the molecule is COc1ccc(N2CC(C(=O)NC3CCOc4ccc(Br)cc43)CC2=O)cc1. The van der Waals surface area contributed by atoms with Crippen molar-refractivity contribution < 1.29 is 19.1 Å². The van der Waals surface area contributed by atoms with E-state index in [-0.39, 0.29) is 30.2 Å². The molecule has 6 nitrogen and oxygen atoms in total. The number of hydrogen-bond donors (Lipinski definition) is 1. The average molecular weight is 445 g/mol. The highest BCUT2D eigenvalue weighted by Crippen LogP contribution is 2.35. The lowest BCUT2D eigenvalue weighted by Crippen LogP contribution is -2.37. The van der Waals surface area contributed by atoms with Gasteiger partial charge in [-0.2, -0.15) is 0 Å². The van der Waals surface area contributed by atoms with Crippen molar-refractivity contribution in [2.45, 2.75) is 18.9 Å². The first-order valence-corrected chi connectivity index (χ1v) is 10.0. The fourth-order valence-corrected chi connectivity index (χ4v) is 4.08. The van der Waals surface area contributed by atoms with Crippen LogP contribution in [-0.2, 0) is 9.59 Å². The van der Waals surface area contributed by atoms with Crippen LogP contribution in [0.25, 0.3) is 0 Å². The molecule has 2 aliphatic rings. The molecule has 1 N–H and O–H groups in total. The normalized spacial score (nSPS) is 21.1. The Bertz CT molecular complexity index is 900. The summed E-state index contributed by atoms with van der Waals surface area (Å²) >= 11 is 3.47. The lowest BCUT2D eigenvalue weighted by Gasteiger charge is -2.28. The summed E-state index contributed by atoms with van der Waals surface area (Å²) < 4.78 is 11.8. The quantitative estimate of drug-likeness (QED) is 0.783. The molecule has 0 saturated carbocycles. The Hall–Kier alpha value is -2.54. The molecule has 146 valence electrons. The highest BCUT2D eigenvalue weighted by atomic mass is 79.9. The van der Waals surface area contributed by atoms with Gasteiger partial charge in [-0.1, -0.05) is 15.9 Å². The lowest BCUT2D eigenvalue weighted by molar-refractivity contribution is -0.127. The standard InChI is InChI=1S/C21H21BrN2O4/c1-27-16-5-3-15(4-6-16)24-12-13(10-20(24)25)21(26)23-18-8-9-28-19-7-2-14(22)11-17(18)19/h2-7,11,13,18H,8-10,12H2,1H3,(H,23,26). The van der Waals surface area contributed by atoms with Crippen molar-refractivity contribution >= 4 is 33.4 Å². The van der Waals surface area contributed by atoms with E-state index in [0.29, 0.717) is 19.6 Å². The monoisotopic (exact) mass is 444 g/mol. The molecule has 0 aromatic heterocycles. The van der Waals surface area contributed by atoms with E-state index in [0.717, 1.165) is 27.2 Å². The largest absolute Gasteiger partial charge is 0.497 e. The zero-order valence-corrected chi connectivity index (χ0v) is 17.1. The molecule has 1 fully saturated rings. The van der Waals surface area contributed by atoms with Crippen molar-refractivity contribution in [1.82, 2.24) is 5.32 Å². The molecule has 1 saturated heterocycles. The summed E-state index contributed by atoms with van der Waals surface area (Å²) in [7, 11) is 1.60. The molecule has 28 heavy (non-hydrogen) atoms. The van der Waals surface area contributed by atoms with Crippen LogP contribution in [0.2, 0.25) is 0 Å². The number of rotatable bonds is 4. The van der Waals surface area contributed by atoms with E-state index in [1.807, 2.05) is 42.5 Å². The van der Waals surface area contributed by atoms with Crippen LogP contribution in [0.4, 0.5) is 5.69 Å². The summed E-state index contributed by atoms with van der Waals surface area (Å²) in [5.41, 5.74) is 1.74. The van der Waals surface area contributed by atoms with E-state index >= 15 is 0 Å². The third kappa shape index (κ3) is 3.71. The van der Waals surface area contributed by atoms with Gasteiger partial charge in [0.25, 0.3) is 0 Å². The average Bonchev–Trinajstić information content (AvgIpc) is 3.10. The fourth-order valence-electron chi connectivity index (χ4n) is 3.70. The van der Waals surface area contributed by atoms with Crippen LogP contribution in [0.5, 0.6) is 11.5 Å². The fraction of sp³-hybridized carbons (Fsp3) is 0.333. The third-order valence-electron chi connectivity index (χ3n) is 5.21. The van der Waals surface area contributed by atoms with Crippen LogP contribution >= 0.6 is 15.9 Å². The minimum absolute atomic E-state index is 0.0413. The predicted octanol–water partition coefficient (Wildman–Crippen LogP) is 3.45. The van der Waals surface area contributed by atoms with Gasteiger partial charge in [-0.15, -0.1) is 0 Å². The molecule has 2 unspecified atom stereocenters. The van der Waals surface area contributed by atoms with Crippen LogP contribution in [0.15, 0.2) is 46.9 Å². The Morgan fingerprint density at radius 1 is 1.25 bits per heavy atom. The van der Waals surface area contributed by atoms with Gasteiger partial charge in [0.05, 0.1) is 25.7 Å². The minimum Gasteiger partial charge on any atom is -0.497 e. The zero-order chi connectivity index (χ0) is 19.7. The van der Waals surface area contributed by atoms with E-state index in [1.165, 1.54) is 0 Å². The number of ether oxygens (including phenoxy) is 2. The van der Waals surface area contributed by atoms with Crippen LogP contribution in [-0.4, -0.2) is 32.1 Å². The van der Waals surface area contributed by atoms with Gasteiger partial charge in [0.15, 0.2) is 0 Å². The van der Waals surface area contributed by atoms with Crippen molar-refractivity contribution in [1.29, 1.82) is 0 Å². The second-order valence-electron chi connectivity index (χ2n) is 6.98. The van der Waals surface area contributed by atoms with E-state index < -0.39 is 0 Å². The number of nitrogens with zero attached hydrogens (tertiary/aromatic N) is 1. The Labute approximate surface area is 171 Å². The molecular weight excluding hydrogens is 424 g/mol. The van der Waals surface area contributed by atoms with Crippen molar-refractivity contribution in [2.24, 2.45) is 5.92 Å². The molecule has 2 amide bonds. The molecule has 2 aromatic rings. The summed E-state index contributed by atoms with van der Waals surface area (Å²) in [5.74, 6) is 1.02. The molecule has 2 aliphatic heterocycles. The van der Waals surface area contributed by atoms with Crippen LogP contribution in [0, 0.1) is 5.92 Å². The minimum atomic E-state index is -0.368. The number of benzene rings is 2. The second-order valence-corrected chi connectivity index (χ2v) is 7.90. The van der Waals surface area contributed by atoms with Crippen molar-refractivity contribution in [3.8, 4) is 11.5 Å². The van der Waals surface area contributed by atoms with Crippen molar-refractivity contribution in [3.63, 3.8) is 0 Å². The number of hydrogen-bond acceptors (Lipinski definition) is 4. The number of anilines is 1. The first-order valence-electron chi connectivity index (χ1n) is 9.22. The smallest absolute Gasteiger partial charge is 0.227 e. The number of halogens is 1. The van der Waals surface area contributed by atoms with E-state index in [2.05, 4.69) is 21.2 Å². The summed E-state index contributed by atoms with van der Waals surface area (Å²) in [4.78, 5) is 27.0. The third-order valence-corrected chi connectivity index (χ3v) is 5.70. The van der Waals surface area contributed by atoms with E-state index in [4.69, 9.17) is 9.47 Å². The molecule has 2 atom stereocenters. The number of fused-ring (bicyclic) bond motifs is 1. The van der Waals surface area contributed by atoms with Gasteiger partial charge in [0.1, 0.15) is 11.5 Å². The Morgan fingerprint density at radius 2 is 2.04 bits per heavy atom. The van der Waals surface area contributed by atoms with E-state index in [9.17, 15) is 9.59 Å². The predicted molar refractivity (Wildman–Crippen MR) is 109 cm³/mol. The summed E-state index contributed by atoms with van der Waals surface area (Å²) in [6.07, 6.45) is 0.921. The number of methoxy groups -OCH3 is 1. The van der Waals surface area contributed by atoms with Gasteiger partial charge < -0.3 is 19.7 Å². The second kappa shape index (κ2) is 7.83. The lowest BCUT2D eigenvalue weighted by atomic mass is 9.99. The maximum atomic E-state index is 12.9. The van der Waals surface area contributed by atoms with Gasteiger partial charge in [-0.3, -0.25) is 9.59 Å². The van der Waals surface area contributed by atoms with Gasteiger partial charge in [0, 0.05) is 35.1 Å². The molecule has 0 spiro atoms. The summed E-state index contributed by atoms with van der Waals surface area (Å²) in [5, 5.41) is 3.12. The maximum absolute atomic E-state index is 12.9. The molecule has 2 aromatic carbocycles. The van der Waals surface area contributed by atoms with Gasteiger partial charge in [-0.25, -0.2) is 0 Å². The van der Waals surface area contributed by atoms with Crippen LogP contribution in [0.1, 0.15) is 24.4 Å². The highest BCUT2D eigenvalue weighted by molar-refractivity contribution is 9.10. The van der Waals surface area contributed by atoms with Gasteiger partial charge >= 0.3 is 0 Å². The molecule has 4 rings (SSSR count). The van der Waals surface area contributed by atoms with E-state index in [1.54, 1.807) is 12.0 Å². The number of carbonyl (C=O) groups excluding carboxylic acids is 2. The number of amides is 2. The number of carbonyl (C=O) groups is 2. The number of nitrogens with one attached hydrogen (secondary N) is 1. The Kier molecular flexibility index (Phi) is 5.26.